The average molecular weight is 413 g/mol. The first-order valence-corrected chi connectivity index (χ1v) is 9.86. The van der Waals surface area contributed by atoms with Crippen LogP contribution in [-0.2, 0) is 6.54 Å². The number of nitrogens with zero attached hydrogens (tertiary/aromatic N) is 2. The fraction of sp³-hybridized carbons (Fsp3) is 0.600. The summed E-state index contributed by atoms with van der Waals surface area (Å²) in [5.74, 6) is 0.448. The Bertz CT molecular complexity index is 690. The van der Waals surface area contributed by atoms with E-state index in [4.69, 9.17) is 0 Å². The molecule has 29 heavy (non-hydrogen) atoms. The average Bonchev–Trinajstić information content (AvgIpc) is 3.10. The first kappa shape index (κ1) is 23.0. The van der Waals surface area contributed by atoms with Crippen LogP contribution in [0.4, 0.5) is 13.2 Å². The van der Waals surface area contributed by atoms with E-state index in [-0.39, 0.29) is 18.0 Å². The number of hydrogen-bond donors (Lipinski definition) is 3. The molecule has 1 aliphatic rings. The van der Waals surface area contributed by atoms with Gasteiger partial charge in [0.2, 0.25) is 0 Å². The van der Waals surface area contributed by atoms with Crippen molar-refractivity contribution in [1.29, 1.82) is 0 Å². The van der Waals surface area contributed by atoms with Gasteiger partial charge in [0.25, 0.3) is 5.91 Å². The SMILES string of the molecule is CCC(C)NC(=O)c1ccc(CNC(=NC)NC2CCN(CC(F)(F)F)C2)cc1. The molecule has 1 fully saturated rings. The molecule has 0 spiro atoms. The second-order valence-electron chi connectivity index (χ2n) is 7.39. The number of aliphatic imine (C=N–C) groups is 1. The van der Waals surface area contributed by atoms with Crippen LogP contribution in [0.1, 0.15) is 42.6 Å². The van der Waals surface area contributed by atoms with E-state index >= 15 is 0 Å². The zero-order valence-corrected chi connectivity index (χ0v) is 17.1. The normalized spacial score (nSPS) is 19.1. The highest BCUT2D eigenvalue weighted by molar-refractivity contribution is 5.94. The molecule has 2 atom stereocenters. The quantitative estimate of drug-likeness (QED) is 0.475. The predicted octanol–water partition coefficient (Wildman–Crippen LogP) is 2.52. The lowest BCUT2D eigenvalue weighted by Gasteiger charge is -2.20. The van der Waals surface area contributed by atoms with E-state index in [1.165, 1.54) is 4.90 Å². The van der Waals surface area contributed by atoms with Gasteiger partial charge in [-0.15, -0.1) is 0 Å². The lowest BCUT2D eigenvalue weighted by Crippen LogP contribution is -2.44. The number of amides is 1. The largest absolute Gasteiger partial charge is 0.401 e. The summed E-state index contributed by atoms with van der Waals surface area (Å²) in [4.78, 5) is 17.7. The van der Waals surface area contributed by atoms with E-state index in [1.54, 1.807) is 19.2 Å². The number of benzene rings is 1. The molecule has 1 amide bonds. The summed E-state index contributed by atoms with van der Waals surface area (Å²) in [5, 5.41) is 9.26. The van der Waals surface area contributed by atoms with E-state index in [1.807, 2.05) is 26.0 Å². The third-order valence-electron chi connectivity index (χ3n) is 4.91. The summed E-state index contributed by atoms with van der Waals surface area (Å²) in [6.45, 7) is 4.33. The maximum Gasteiger partial charge on any atom is 0.401 e. The number of nitrogens with one attached hydrogen (secondary N) is 3. The third kappa shape index (κ3) is 7.92. The van der Waals surface area contributed by atoms with Crippen LogP contribution in [-0.4, -0.2) is 61.7 Å². The molecule has 1 aliphatic heterocycles. The van der Waals surface area contributed by atoms with Gasteiger partial charge >= 0.3 is 6.18 Å². The molecule has 0 bridgehead atoms. The van der Waals surface area contributed by atoms with Crippen LogP contribution >= 0.6 is 0 Å². The Hall–Kier alpha value is -2.29. The maximum atomic E-state index is 12.5. The van der Waals surface area contributed by atoms with E-state index in [0.717, 1.165) is 12.0 Å². The van der Waals surface area contributed by atoms with E-state index in [9.17, 15) is 18.0 Å². The molecule has 3 N–H and O–H groups in total. The highest BCUT2D eigenvalue weighted by Gasteiger charge is 2.34. The molecular weight excluding hydrogens is 383 g/mol. The Morgan fingerprint density at radius 1 is 1.31 bits per heavy atom. The lowest BCUT2D eigenvalue weighted by atomic mass is 10.1. The summed E-state index contributed by atoms with van der Waals surface area (Å²) in [6, 6.07) is 7.34. The van der Waals surface area contributed by atoms with Gasteiger partial charge in [0.1, 0.15) is 0 Å². The second-order valence-corrected chi connectivity index (χ2v) is 7.39. The van der Waals surface area contributed by atoms with Crippen LogP contribution in [0.15, 0.2) is 29.3 Å². The van der Waals surface area contributed by atoms with Crippen molar-refractivity contribution in [3.8, 4) is 0 Å². The van der Waals surface area contributed by atoms with Gasteiger partial charge in [0.15, 0.2) is 5.96 Å². The Morgan fingerprint density at radius 2 is 2.00 bits per heavy atom. The van der Waals surface area contributed by atoms with Gasteiger partial charge in [-0.3, -0.25) is 14.7 Å². The first-order valence-electron chi connectivity index (χ1n) is 9.86. The van der Waals surface area contributed by atoms with Gasteiger partial charge in [0.05, 0.1) is 6.54 Å². The van der Waals surface area contributed by atoms with Crippen molar-refractivity contribution in [3.05, 3.63) is 35.4 Å². The summed E-state index contributed by atoms with van der Waals surface area (Å²) < 4.78 is 37.5. The van der Waals surface area contributed by atoms with Gasteiger partial charge in [-0.2, -0.15) is 13.2 Å². The van der Waals surface area contributed by atoms with E-state index in [0.29, 0.717) is 37.6 Å². The van der Waals surface area contributed by atoms with Crippen molar-refractivity contribution < 1.29 is 18.0 Å². The van der Waals surface area contributed by atoms with Crippen molar-refractivity contribution in [1.82, 2.24) is 20.9 Å². The number of hydrogen-bond acceptors (Lipinski definition) is 3. The molecule has 0 saturated carbocycles. The van der Waals surface area contributed by atoms with Crippen LogP contribution in [0.5, 0.6) is 0 Å². The summed E-state index contributed by atoms with van der Waals surface area (Å²) in [6.07, 6.45) is -2.67. The fourth-order valence-electron chi connectivity index (χ4n) is 3.10. The molecule has 1 aromatic carbocycles. The molecule has 0 aromatic heterocycles. The number of likely N-dealkylation sites (tertiary alicyclic amines) is 1. The third-order valence-corrected chi connectivity index (χ3v) is 4.91. The van der Waals surface area contributed by atoms with Gasteiger partial charge in [-0.05, 0) is 37.5 Å². The molecule has 2 rings (SSSR count). The Balaban J connectivity index is 1.80. The second kappa shape index (κ2) is 10.5. The van der Waals surface area contributed by atoms with Crippen LogP contribution in [0.2, 0.25) is 0 Å². The number of guanidine groups is 1. The number of carbonyl (C=O) groups is 1. The molecule has 1 saturated heterocycles. The molecule has 0 radical (unpaired) electrons. The van der Waals surface area contributed by atoms with E-state index in [2.05, 4.69) is 20.9 Å². The highest BCUT2D eigenvalue weighted by atomic mass is 19.4. The van der Waals surface area contributed by atoms with Crippen LogP contribution in [0, 0.1) is 0 Å². The molecule has 1 heterocycles. The highest BCUT2D eigenvalue weighted by Crippen LogP contribution is 2.19. The van der Waals surface area contributed by atoms with Crippen molar-refractivity contribution in [3.63, 3.8) is 0 Å². The van der Waals surface area contributed by atoms with Gasteiger partial charge < -0.3 is 16.0 Å². The van der Waals surface area contributed by atoms with Crippen LogP contribution < -0.4 is 16.0 Å². The van der Waals surface area contributed by atoms with Gasteiger partial charge in [0, 0.05) is 44.3 Å². The molecule has 162 valence electrons. The monoisotopic (exact) mass is 413 g/mol. The summed E-state index contributed by atoms with van der Waals surface area (Å²) >= 11 is 0. The first-order chi connectivity index (χ1) is 13.7. The Kier molecular flexibility index (Phi) is 8.31. The van der Waals surface area contributed by atoms with Crippen molar-refractivity contribution in [2.45, 2.75) is 51.5 Å². The molecule has 0 aliphatic carbocycles. The molecular formula is C20H30F3N5O. The van der Waals surface area contributed by atoms with Gasteiger partial charge in [-0.25, -0.2) is 0 Å². The minimum Gasteiger partial charge on any atom is -0.352 e. The predicted molar refractivity (Wildman–Crippen MR) is 108 cm³/mol. The van der Waals surface area contributed by atoms with Crippen LogP contribution in [0.25, 0.3) is 0 Å². The smallest absolute Gasteiger partial charge is 0.352 e. The molecule has 9 heteroatoms. The maximum absolute atomic E-state index is 12.5. The summed E-state index contributed by atoms with van der Waals surface area (Å²) in [5.41, 5.74) is 1.57. The molecule has 1 aromatic rings. The zero-order chi connectivity index (χ0) is 21.4. The molecule has 2 unspecified atom stereocenters. The number of carbonyl (C=O) groups excluding carboxylic acids is 1. The number of halogens is 3. The van der Waals surface area contributed by atoms with Crippen molar-refractivity contribution in [2.24, 2.45) is 4.99 Å². The minimum atomic E-state index is -4.17. The zero-order valence-electron chi connectivity index (χ0n) is 17.1. The minimum absolute atomic E-state index is 0.0739. The Labute approximate surface area is 169 Å². The van der Waals surface area contributed by atoms with Gasteiger partial charge in [-0.1, -0.05) is 19.1 Å². The standard InChI is InChI=1S/C20H30F3N5O/c1-4-14(2)26-18(29)16-7-5-15(6-8-16)11-25-19(24-3)27-17-9-10-28(12-17)13-20(21,22)23/h5-8,14,17H,4,9-13H2,1-3H3,(H,26,29)(H2,24,25,27). The van der Waals surface area contributed by atoms with Crippen molar-refractivity contribution in [2.75, 3.05) is 26.7 Å². The number of alkyl halides is 3. The topological polar surface area (TPSA) is 68.8 Å². The van der Waals surface area contributed by atoms with Crippen molar-refractivity contribution >= 4 is 11.9 Å². The van der Waals surface area contributed by atoms with E-state index < -0.39 is 12.7 Å². The Morgan fingerprint density at radius 3 is 2.59 bits per heavy atom. The lowest BCUT2D eigenvalue weighted by molar-refractivity contribution is -0.143. The molecule has 6 nitrogen and oxygen atoms in total. The fourth-order valence-corrected chi connectivity index (χ4v) is 3.10. The van der Waals surface area contributed by atoms with Crippen LogP contribution in [0.3, 0.4) is 0 Å². The number of rotatable bonds is 7. The summed E-state index contributed by atoms with van der Waals surface area (Å²) in [7, 11) is 1.63.